The maximum Gasteiger partial charge on any atom is 0.195 e. The molecule has 1 aromatic heterocycles. The highest BCUT2D eigenvalue weighted by Gasteiger charge is 2.03. The first-order valence-corrected chi connectivity index (χ1v) is 8.69. The Kier molecular flexibility index (Phi) is 6.88. The Morgan fingerprint density at radius 1 is 1.39 bits per heavy atom. The number of rotatable bonds is 6. The first kappa shape index (κ1) is 17.8. The Morgan fingerprint density at radius 3 is 2.91 bits per heavy atom. The van der Waals surface area contributed by atoms with Crippen LogP contribution in [0, 0.1) is 5.82 Å². The second-order valence-corrected chi connectivity index (χ2v) is 6.67. The third-order valence-corrected chi connectivity index (χ3v) is 4.24. The van der Waals surface area contributed by atoms with Crippen molar-refractivity contribution < 1.29 is 4.39 Å². The van der Waals surface area contributed by atoms with E-state index >= 15 is 0 Å². The van der Waals surface area contributed by atoms with E-state index in [1.807, 2.05) is 36.3 Å². The van der Waals surface area contributed by atoms with Gasteiger partial charge in [0.05, 0.1) is 6.54 Å². The summed E-state index contributed by atoms with van der Waals surface area (Å²) < 4.78 is 15.7. The zero-order valence-electron chi connectivity index (χ0n) is 13.3. The van der Waals surface area contributed by atoms with Gasteiger partial charge in [-0.05, 0) is 45.3 Å². The molecule has 7 heteroatoms. The predicted molar refractivity (Wildman–Crippen MR) is 97.1 cm³/mol. The van der Waals surface area contributed by atoms with Gasteiger partial charge in [0, 0.05) is 23.7 Å². The van der Waals surface area contributed by atoms with Crippen molar-refractivity contribution in [2.24, 2.45) is 4.99 Å². The summed E-state index contributed by atoms with van der Waals surface area (Å²) in [6.07, 6.45) is 2.90. The largest absolute Gasteiger partial charge is 0.361 e. The molecule has 0 aliphatic carbocycles. The molecule has 0 saturated heterocycles. The molecule has 23 heavy (non-hydrogen) atoms. The van der Waals surface area contributed by atoms with Crippen LogP contribution < -0.4 is 10.1 Å². The Morgan fingerprint density at radius 2 is 2.17 bits per heavy atom. The summed E-state index contributed by atoms with van der Waals surface area (Å²) >= 11 is 6.74. The minimum Gasteiger partial charge on any atom is -0.361 e. The van der Waals surface area contributed by atoms with E-state index in [0.29, 0.717) is 17.2 Å². The number of hydrogen-bond acceptors (Lipinski definition) is 3. The Hall–Kier alpha value is -1.57. The van der Waals surface area contributed by atoms with Crippen LogP contribution in [0.25, 0.3) is 0 Å². The van der Waals surface area contributed by atoms with E-state index in [0.717, 1.165) is 24.3 Å². The molecule has 0 aliphatic rings. The zero-order valence-corrected chi connectivity index (χ0v) is 15.0. The summed E-state index contributed by atoms with van der Waals surface area (Å²) in [5.41, 5.74) is 0.636. The van der Waals surface area contributed by atoms with E-state index < -0.39 is 0 Å². The molecule has 0 radical (unpaired) electrons. The highest BCUT2D eigenvalue weighted by atomic mass is 32.1. The van der Waals surface area contributed by atoms with Crippen LogP contribution >= 0.6 is 23.6 Å². The third-order valence-electron chi connectivity index (χ3n) is 3.21. The number of thiocarbonyl (C=S) groups is 1. The van der Waals surface area contributed by atoms with Gasteiger partial charge in [-0.2, -0.15) is 4.99 Å². The number of aromatic nitrogens is 1. The molecule has 0 saturated carbocycles. The van der Waals surface area contributed by atoms with Crippen LogP contribution in [0.2, 0.25) is 0 Å². The predicted octanol–water partition coefficient (Wildman–Crippen LogP) is 2.46. The van der Waals surface area contributed by atoms with Crippen molar-refractivity contribution in [2.45, 2.75) is 13.0 Å². The van der Waals surface area contributed by atoms with Crippen LogP contribution in [0.3, 0.4) is 0 Å². The van der Waals surface area contributed by atoms with Gasteiger partial charge in [-0.25, -0.2) is 4.39 Å². The molecule has 1 N–H and O–H groups in total. The molecular weight excluding hydrogens is 331 g/mol. The maximum absolute atomic E-state index is 13.8. The Labute approximate surface area is 145 Å². The lowest BCUT2D eigenvalue weighted by atomic mass is 10.2. The zero-order chi connectivity index (χ0) is 16.7. The number of thiazole rings is 1. The Bertz CT molecular complexity index is 706. The van der Waals surface area contributed by atoms with Gasteiger partial charge in [0.2, 0.25) is 0 Å². The molecule has 4 nitrogen and oxygen atoms in total. The van der Waals surface area contributed by atoms with Crippen molar-refractivity contribution in [1.29, 1.82) is 0 Å². The Balaban J connectivity index is 1.99. The van der Waals surface area contributed by atoms with E-state index in [1.54, 1.807) is 12.1 Å². The number of hydrogen-bond donors (Lipinski definition) is 1. The topological polar surface area (TPSA) is 32.6 Å². The van der Waals surface area contributed by atoms with E-state index in [-0.39, 0.29) is 5.82 Å². The summed E-state index contributed by atoms with van der Waals surface area (Å²) in [7, 11) is 4.08. The van der Waals surface area contributed by atoms with Gasteiger partial charge in [0.1, 0.15) is 5.82 Å². The number of benzene rings is 1. The lowest BCUT2D eigenvalue weighted by Crippen LogP contribution is -2.27. The summed E-state index contributed by atoms with van der Waals surface area (Å²) in [6, 6.07) is 6.77. The van der Waals surface area contributed by atoms with E-state index in [2.05, 4.69) is 15.2 Å². The van der Waals surface area contributed by atoms with Gasteiger partial charge in [0.25, 0.3) is 0 Å². The minimum absolute atomic E-state index is 0.207. The lowest BCUT2D eigenvalue weighted by molar-refractivity contribution is 0.400. The third kappa shape index (κ3) is 5.85. The molecule has 0 atom stereocenters. The molecule has 1 aromatic carbocycles. The van der Waals surface area contributed by atoms with Crippen LogP contribution in [-0.2, 0) is 6.54 Å². The minimum atomic E-state index is -0.207. The molecule has 2 rings (SSSR count). The van der Waals surface area contributed by atoms with Crippen molar-refractivity contribution >= 4 is 28.7 Å². The van der Waals surface area contributed by atoms with Crippen molar-refractivity contribution in [2.75, 3.05) is 27.2 Å². The van der Waals surface area contributed by atoms with E-state index in [1.165, 1.54) is 17.4 Å². The standard InChI is InChI=1S/C16H21FN4S2/c1-20(2)9-5-8-18-15(22)19-16-21(10-11-23-16)12-13-6-3-4-7-14(13)17/h3-4,6-7,10-11H,5,8-9,12H2,1-2H3,(H,18,22). The molecule has 1 heterocycles. The fourth-order valence-corrected chi connectivity index (χ4v) is 3.01. The molecular formula is C16H21FN4S2. The van der Waals surface area contributed by atoms with E-state index in [4.69, 9.17) is 12.2 Å². The maximum atomic E-state index is 13.8. The van der Waals surface area contributed by atoms with Crippen LogP contribution in [0.15, 0.2) is 40.8 Å². The molecule has 0 unspecified atom stereocenters. The summed E-state index contributed by atoms with van der Waals surface area (Å²) in [4.78, 5) is 7.32. The monoisotopic (exact) mass is 352 g/mol. The fraction of sp³-hybridized carbons (Fsp3) is 0.375. The summed E-state index contributed by atoms with van der Waals surface area (Å²) in [5.74, 6) is -0.207. The van der Waals surface area contributed by atoms with Gasteiger partial charge < -0.3 is 14.8 Å². The molecule has 0 amide bonds. The van der Waals surface area contributed by atoms with Crippen LogP contribution in [0.4, 0.5) is 4.39 Å². The average molecular weight is 353 g/mol. The summed E-state index contributed by atoms with van der Waals surface area (Å²) in [5, 5.41) is 5.53. The number of nitrogens with one attached hydrogen (secondary N) is 1. The second kappa shape index (κ2) is 8.90. The molecule has 0 fully saturated rings. The summed E-state index contributed by atoms with van der Waals surface area (Å²) in [6.45, 7) is 2.24. The molecule has 0 spiro atoms. The molecule has 124 valence electrons. The van der Waals surface area contributed by atoms with Crippen molar-refractivity contribution in [3.05, 3.63) is 52.0 Å². The van der Waals surface area contributed by atoms with Gasteiger partial charge in [-0.3, -0.25) is 0 Å². The fourth-order valence-electron chi connectivity index (χ4n) is 2.03. The highest BCUT2D eigenvalue weighted by Crippen LogP contribution is 2.07. The molecule has 0 bridgehead atoms. The number of nitrogens with zero attached hydrogens (tertiary/aromatic N) is 3. The van der Waals surface area contributed by atoms with Crippen molar-refractivity contribution in [3.63, 3.8) is 0 Å². The van der Waals surface area contributed by atoms with Crippen molar-refractivity contribution in [3.8, 4) is 0 Å². The van der Waals surface area contributed by atoms with Gasteiger partial charge in [-0.1, -0.05) is 18.2 Å². The average Bonchev–Trinajstić information content (AvgIpc) is 2.93. The first-order chi connectivity index (χ1) is 11.1. The van der Waals surface area contributed by atoms with Gasteiger partial charge in [0.15, 0.2) is 9.91 Å². The van der Waals surface area contributed by atoms with Crippen LogP contribution in [-0.4, -0.2) is 41.8 Å². The van der Waals surface area contributed by atoms with Crippen molar-refractivity contribution in [1.82, 2.24) is 14.8 Å². The van der Waals surface area contributed by atoms with Crippen LogP contribution in [0.1, 0.15) is 12.0 Å². The smallest absolute Gasteiger partial charge is 0.195 e. The van der Waals surface area contributed by atoms with Gasteiger partial charge in [-0.15, -0.1) is 11.3 Å². The first-order valence-electron chi connectivity index (χ1n) is 7.41. The second-order valence-electron chi connectivity index (χ2n) is 5.41. The number of halogens is 1. The normalized spacial score (nSPS) is 11.9. The van der Waals surface area contributed by atoms with Crippen LogP contribution in [0.5, 0.6) is 0 Å². The highest BCUT2D eigenvalue weighted by molar-refractivity contribution is 7.80. The quantitative estimate of drug-likeness (QED) is 0.640. The van der Waals surface area contributed by atoms with E-state index in [9.17, 15) is 4.39 Å². The molecule has 0 aliphatic heterocycles. The lowest BCUT2D eigenvalue weighted by Gasteiger charge is -2.09. The SMILES string of the molecule is CN(C)CCCNC(=S)N=c1sccn1Cc1ccccc1F. The molecule has 2 aromatic rings. The van der Waals surface area contributed by atoms with Gasteiger partial charge >= 0.3 is 0 Å².